The molecule has 0 fully saturated rings. The van der Waals surface area contributed by atoms with Gasteiger partial charge in [-0.2, -0.15) is 8.78 Å². The number of carbonyl (C=O) groups is 2. The number of rotatable bonds is 8. The fourth-order valence-electron chi connectivity index (χ4n) is 2.54. The van der Waals surface area contributed by atoms with Gasteiger partial charge in [0.25, 0.3) is 17.2 Å². The largest absolute Gasteiger partial charge is 0.456 e. The lowest BCUT2D eigenvalue weighted by molar-refractivity contribution is -0.147. The predicted molar refractivity (Wildman–Crippen MR) is 106 cm³/mol. The quantitative estimate of drug-likeness (QED) is 0.429. The lowest BCUT2D eigenvalue weighted by Crippen LogP contribution is -2.26. The predicted octanol–water partition coefficient (Wildman–Crippen LogP) is 2.68. The third-order valence-corrected chi connectivity index (χ3v) is 4.69. The molecule has 11 heteroatoms. The van der Waals surface area contributed by atoms with Crippen LogP contribution in [0.3, 0.4) is 0 Å². The fraction of sp³-hybridized carbons (Fsp3) is 0.211. The van der Waals surface area contributed by atoms with E-state index in [9.17, 15) is 23.2 Å². The molecule has 156 valence electrons. The zero-order valence-electron chi connectivity index (χ0n) is 15.5. The number of hydrogen-bond acceptors (Lipinski definition) is 7. The van der Waals surface area contributed by atoms with Crippen molar-refractivity contribution in [2.45, 2.75) is 23.6 Å². The summed E-state index contributed by atoms with van der Waals surface area (Å²) < 4.78 is 31.1. The third kappa shape index (κ3) is 5.60. The van der Waals surface area contributed by atoms with E-state index >= 15 is 0 Å². The van der Waals surface area contributed by atoms with Crippen molar-refractivity contribution in [2.75, 3.05) is 11.9 Å². The Hall–Kier alpha value is -3.34. The minimum absolute atomic E-state index is 0.0645. The number of aryl methyl sites for hydroxylation is 1. The highest BCUT2D eigenvalue weighted by molar-refractivity contribution is 7.99. The first-order valence-corrected chi connectivity index (χ1v) is 9.64. The molecule has 3 aromatic rings. The fourth-order valence-corrected chi connectivity index (χ4v) is 3.14. The lowest BCUT2D eigenvalue weighted by atomic mass is 10.2. The Balaban J connectivity index is 1.51. The van der Waals surface area contributed by atoms with E-state index in [1.54, 1.807) is 36.4 Å². The van der Waals surface area contributed by atoms with Crippen molar-refractivity contribution >= 4 is 40.2 Å². The first kappa shape index (κ1) is 21.4. The Morgan fingerprint density at radius 1 is 1.13 bits per heavy atom. The molecule has 1 aromatic heterocycles. The average molecular weight is 434 g/mol. The Morgan fingerprint density at radius 3 is 2.67 bits per heavy atom. The molecule has 1 heterocycles. The van der Waals surface area contributed by atoms with Crippen LogP contribution in [-0.4, -0.2) is 39.2 Å². The number of halogens is 2. The smallest absolute Gasteiger partial charge is 0.308 e. The molecule has 0 bridgehead atoms. The number of ether oxygens (including phenoxy) is 1. The molecule has 3 rings (SSSR count). The van der Waals surface area contributed by atoms with Crippen LogP contribution in [0.4, 0.5) is 14.5 Å². The molecule has 0 unspecified atom stereocenters. The second-order valence-electron chi connectivity index (χ2n) is 5.97. The van der Waals surface area contributed by atoms with E-state index in [1.807, 2.05) is 0 Å². The minimum Gasteiger partial charge on any atom is -0.456 e. The maximum Gasteiger partial charge on any atom is 0.308 e. The van der Waals surface area contributed by atoms with Gasteiger partial charge in [0.05, 0.1) is 24.0 Å². The molecule has 2 aromatic carbocycles. The number of thioether (sulfide) groups is 1. The molecule has 0 atom stereocenters. The van der Waals surface area contributed by atoms with Crippen molar-refractivity contribution in [1.29, 1.82) is 0 Å². The molecule has 30 heavy (non-hydrogen) atoms. The van der Waals surface area contributed by atoms with Gasteiger partial charge in [-0.1, -0.05) is 41.2 Å². The van der Waals surface area contributed by atoms with Gasteiger partial charge in [-0.15, -0.1) is 5.10 Å². The molecule has 0 spiro atoms. The molecular formula is C19H16F2N4O4S. The van der Waals surface area contributed by atoms with E-state index in [4.69, 9.17) is 4.74 Å². The second-order valence-corrected chi connectivity index (χ2v) is 7.00. The Labute approximate surface area is 173 Å². The topological polar surface area (TPSA) is 103 Å². The third-order valence-electron chi connectivity index (χ3n) is 3.90. The Morgan fingerprint density at radius 2 is 1.87 bits per heavy atom. The lowest BCUT2D eigenvalue weighted by Gasteiger charge is -2.10. The van der Waals surface area contributed by atoms with E-state index in [2.05, 4.69) is 15.6 Å². The first-order chi connectivity index (χ1) is 14.4. The van der Waals surface area contributed by atoms with E-state index in [0.29, 0.717) is 22.7 Å². The van der Waals surface area contributed by atoms with Crippen LogP contribution in [0.1, 0.15) is 6.42 Å². The summed E-state index contributed by atoms with van der Waals surface area (Å²) in [5.41, 5.74) is 0.254. The van der Waals surface area contributed by atoms with Gasteiger partial charge in [0.15, 0.2) is 6.61 Å². The highest BCUT2D eigenvalue weighted by atomic mass is 32.2. The minimum atomic E-state index is -2.64. The summed E-state index contributed by atoms with van der Waals surface area (Å²) in [6, 6.07) is 12.7. The van der Waals surface area contributed by atoms with Gasteiger partial charge in [0.1, 0.15) is 5.52 Å². The number of nitrogens with one attached hydrogen (secondary N) is 1. The summed E-state index contributed by atoms with van der Waals surface area (Å²) in [5.74, 6) is -4.03. The van der Waals surface area contributed by atoms with E-state index in [1.165, 1.54) is 12.1 Å². The van der Waals surface area contributed by atoms with Crippen LogP contribution in [0.25, 0.3) is 10.9 Å². The van der Waals surface area contributed by atoms with Crippen molar-refractivity contribution in [3.8, 4) is 0 Å². The van der Waals surface area contributed by atoms with Gasteiger partial charge in [0, 0.05) is 4.90 Å². The zero-order chi connectivity index (χ0) is 21.5. The van der Waals surface area contributed by atoms with Gasteiger partial charge >= 0.3 is 5.97 Å². The van der Waals surface area contributed by atoms with Gasteiger partial charge in [-0.25, -0.2) is 4.68 Å². The molecular weight excluding hydrogens is 418 g/mol. The van der Waals surface area contributed by atoms with Crippen LogP contribution in [0, 0.1) is 0 Å². The molecule has 0 saturated heterocycles. The summed E-state index contributed by atoms with van der Waals surface area (Å²) in [7, 11) is 0. The van der Waals surface area contributed by atoms with Gasteiger partial charge in [-0.05, 0) is 24.3 Å². The number of esters is 1. The van der Waals surface area contributed by atoms with Crippen LogP contribution in [-0.2, 0) is 20.9 Å². The number of hydrogen-bond donors (Lipinski definition) is 1. The SMILES string of the molecule is O=C(COC(=O)CCn1nnc2ccccc2c1=O)Nc1ccccc1SC(F)F. The normalized spacial score (nSPS) is 10.9. The number of amides is 1. The molecule has 1 amide bonds. The highest BCUT2D eigenvalue weighted by Crippen LogP contribution is 2.31. The number of alkyl halides is 2. The van der Waals surface area contributed by atoms with E-state index in [-0.39, 0.29) is 29.1 Å². The van der Waals surface area contributed by atoms with Crippen molar-refractivity contribution < 1.29 is 23.1 Å². The summed E-state index contributed by atoms with van der Waals surface area (Å²) in [4.78, 5) is 36.4. The second kappa shape index (κ2) is 9.92. The first-order valence-electron chi connectivity index (χ1n) is 8.76. The van der Waals surface area contributed by atoms with Gasteiger partial charge < -0.3 is 10.1 Å². The molecule has 0 saturated carbocycles. The Bertz CT molecular complexity index is 1120. The standard InChI is InChI=1S/C19H16F2N4O4S/c20-19(21)30-15-8-4-3-7-14(15)22-16(26)11-29-17(27)9-10-25-18(28)12-5-1-2-6-13(12)23-24-25/h1-8,19H,9-11H2,(H,22,26). The van der Waals surface area contributed by atoms with Gasteiger partial charge in [-0.3, -0.25) is 14.4 Å². The van der Waals surface area contributed by atoms with Crippen LogP contribution < -0.4 is 10.9 Å². The molecule has 0 aliphatic carbocycles. The number of anilines is 1. The molecule has 0 radical (unpaired) electrons. The number of nitrogens with zero attached hydrogens (tertiary/aromatic N) is 3. The number of benzene rings is 2. The van der Waals surface area contributed by atoms with Crippen LogP contribution in [0.2, 0.25) is 0 Å². The van der Waals surface area contributed by atoms with Crippen LogP contribution >= 0.6 is 11.8 Å². The molecule has 0 aliphatic heterocycles. The van der Waals surface area contributed by atoms with Crippen LogP contribution in [0.5, 0.6) is 0 Å². The van der Waals surface area contributed by atoms with Crippen molar-refractivity contribution in [2.24, 2.45) is 0 Å². The van der Waals surface area contributed by atoms with Crippen molar-refractivity contribution in [3.05, 3.63) is 58.9 Å². The van der Waals surface area contributed by atoms with Gasteiger partial charge in [0.2, 0.25) is 0 Å². The average Bonchev–Trinajstić information content (AvgIpc) is 2.73. The zero-order valence-corrected chi connectivity index (χ0v) is 16.3. The molecule has 1 N–H and O–H groups in total. The summed E-state index contributed by atoms with van der Waals surface area (Å²) in [6.07, 6.45) is -0.196. The maximum absolute atomic E-state index is 12.6. The number of fused-ring (bicyclic) bond motifs is 1. The van der Waals surface area contributed by atoms with Crippen LogP contribution in [0.15, 0.2) is 58.2 Å². The number of para-hydroxylation sites is 1. The van der Waals surface area contributed by atoms with Crippen molar-refractivity contribution in [1.82, 2.24) is 15.0 Å². The summed E-state index contributed by atoms with van der Waals surface area (Å²) in [5, 5.41) is 10.5. The summed E-state index contributed by atoms with van der Waals surface area (Å²) >= 11 is 0.298. The highest BCUT2D eigenvalue weighted by Gasteiger charge is 2.14. The van der Waals surface area contributed by atoms with Crippen molar-refractivity contribution in [3.63, 3.8) is 0 Å². The maximum atomic E-state index is 12.6. The molecule has 0 aliphatic rings. The van der Waals surface area contributed by atoms with E-state index in [0.717, 1.165) is 4.68 Å². The molecule has 8 nitrogen and oxygen atoms in total. The monoisotopic (exact) mass is 434 g/mol. The number of carbonyl (C=O) groups excluding carboxylic acids is 2. The van der Waals surface area contributed by atoms with E-state index < -0.39 is 24.2 Å². The summed E-state index contributed by atoms with van der Waals surface area (Å²) in [6.45, 7) is -0.657. The number of aromatic nitrogens is 3. The Kier molecular flexibility index (Phi) is 7.07.